The topological polar surface area (TPSA) is 33.4 Å². The Bertz CT molecular complexity index is 538. The quantitative estimate of drug-likeness (QED) is 0.836. The average molecular weight is 216 g/mol. The fourth-order valence-electron chi connectivity index (χ4n) is 2.83. The van der Waals surface area contributed by atoms with Crippen LogP contribution in [0.15, 0.2) is 34.9 Å². The molecule has 1 unspecified atom stereocenters. The Kier molecular flexibility index (Phi) is 1.79. The molecule has 2 aromatic rings. The van der Waals surface area contributed by atoms with Crippen LogP contribution < -0.4 is 0 Å². The molecule has 1 aromatic carbocycles. The number of aliphatic hydroxyl groups is 1. The maximum atomic E-state index is 9.64. The van der Waals surface area contributed by atoms with Crippen molar-refractivity contribution in [3.8, 4) is 0 Å². The fraction of sp³-hybridized carbons (Fsp3) is 0.429. The lowest BCUT2D eigenvalue weighted by molar-refractivity contribution is 0.231. The lowest BCUT2D eigenvalue weighted by Crippen LogP contribution is -2.19. The molecule has 1 heterocycles. The summed E-state index contributed by atoms with van der Waals surface area (Å²) in [6.45, 7) is 4.65. The van der Waals surface area contributed by atoms with Crippen molar-refractivity contribution in [2.24, 2.45) is 5.41 Å². The number of rotatable bonds is 2. The van der Waals surface area contributed by atoms with E-state index < -0.39 is 0 Å². The van der Waals surface area contributed by atoms with Crippen molar-refractivity contribution in [1.82, 2.24) is 0 Å². The number of furan rings is 1. The van der Waals surface area contributed by atoms with E-state index in [1.54, 1.807) is 6.26 Å². The predicted molar refractivity (Wildman–Crippen MR) is 63.4 cm³/mol. The van der Waals surface area contributed by atoms with Crippen LogP contribution in [-0.2, 0) is 5.41 Å². The smallest absolute Gasteiger partial charge is 0.133 e. The summed E-state index contributed by atoms with van der Waals surface area (Å²) in [5.41, 5.74) is 2.31. The van der Waals surface area contributed by atoms with Gasteiger partial charge in [0.05, 0.1) is 12.9 Å². The van der Waals surface area contributed by atoms with Crippen molar-refractivity contribution in [1.29, 1.82) is 0 Å². The molecule has 0 spiro atoms. The largest absolute Gasteiger partial charge is 0.464 e. The SMILES string of the molecule is CC1(C)CC1(CO)c1ccc2occc2c1. The molecule has 1 saturated carbocycles. The molecular weight excluding hydrogens is 200 g/mol. The van der Waals surface area contributed by atoms with Crippen molar-refractivity contribution in [2.75, 3.05) is 6.61 Å². The van der Waals surface area contributed by atoms with Crippen molar-refractivity contribution in [2.45, 2.75) is 25.7 Å². The highest BCUT2D eigenvalue weighted by Crippen LogP contribution is 2.64. The third kappa shape index (κ3) is 1.11. The molecule has 1 aliphatic rings. The molecule has 1 N–H and O–H groups in total. The third-order valence-electron chi connectivity index (χ3n) is 4.19. The lowest BCUT2D eigenvalue weighted by Gasteiger charge is -2.18. The number of aliphatic hydroxyl groups excluding tert-OH is 1. The normalized spacial score (nSPS) is 27.2. The van der Waals surface area contributed by atoms with E-state index in [-0.39, 0.29) is 17.4 Å². The van der Waals surface area contributed by atoms with Gasteiger partial charge in [-0.25, -0.2) is 0 Å². The van der Waals surface area contributed by atoms with Crippen LogP contribution in [0.3, 0.4) is 0 Å². The molecule has 0 radical (unpaired) electrons. The summed E-state index contributed by atoms with van der Waals surface area (Å²) in [5, 5.41) is 10.8. The van der Waals surface area contributed by atoms with Gasteiger partial charge in [-0.15, -0.1) is 0 Å². The standard InChI is InChI=1S/C14H16O2/c1-13(2)8-14(13,9-15)11-3-4-12-10(7-11)5-6-16-12/h3-7,15H,8-9H2,1-2H3. The molecule has 2 heteroatoms. The molecule has 1 atom stereocenters. The van der Waals surface area contributed by atoms with Gasteiger partial charge in [-0.3, -0.25) is 0 Å². The first-order chi connectivity index (χ1) is 7.59. The van der Waals surface area contributed by atoms with E-state index in [9.17, 15) is 5.11 Å². The van der Waals surface area contributed by atoms with Crippen LogP contribution in [0.2, 0.25) is 0 Å². The van der Waals surface area contributed by atoms with E-state index >= 15 is 0 Å². The van der Waals surface area contributed by atoms with Crippen LogP contribution in [0.25, 0.3) is 11.0 Å². The Morgan fingerprint density at radius 2 is 2.06 bits per heavy atom. The van der Waals surface area contributed by atoms with Gasteiger partial charge in [0.1, 0.15) is 5.58 Å². The molecule has 0 aliphatic heterocycles. The highest BCUT2D eigenvalue weighted by molar-refractivity contribution is 5.78. The molecule has 2 nitrogen and oxygen atoms in total. The van der Waals surface area contributed by atoms with Crippen LogP contribution in [0.5, 0.6) is 0 Å². The number of benzene rings is 1. The molecule has 1 fully saturated rings. The van der Waals surface area contributed by atoms with Gasteiger partial charge in [0.25, 0.3) is 0 Å². The van der Waals surface area contributed by atoms with E-state index in [1.807, 2.05) is 12.1 Å². The van der Waals surface area contributed by atoms with E-state index in [4.69, 9.17) is 4.42 Å². The molecule has 1 aliphatic carbocycles. The first-order valence-electron chi connectivity index (χ1n) is 5.68. The average Bonchev–Trinajstić information content (AvgIpc) is 2.63. The minimum absolute atomic E-state index is 0.0432. The van der Waals surface area contributed by atoms with E-state index in [1.165, 1.54) is 5.56 Å². The summed E-state index contributed by atoms with van der Waals surface area (Å²) in [6, 6.07) is 8.19. The van der Waals surface area contributed by atoms with Gasteiger partial charge in [0.15, 0.2) is 0 Å². The maximum Gasteiger partial charge on any atom is 0.133 e. The second-order valence-corrected chi connectivity index (χ2v) is 5.47. The Hall–Kier alpha value is -1.28. The van der Waals surface area contributed by atoms with Gasteiger partial charge in [-0.1, -0.05) is 19.9 Å². The molecule has 0 amide bonds. The Labute approximate surface area is 94.9 Å². The van der Waals surface area contributed by atoms with E-state index in [0.29, 0.717) is 0 Å². The van der Waals surface area contributed by atoms with Gasteiger partial charge < -0.3 is 9.52 Å². The fourth-order valence-corrected chi connectivity index (χ4v) is 2.83. The van der Waals surface area contributed by atoms with Crippen LogP contribution >= 0.6 is 0 Å². The molecular formula is C14H16O2. The van der Waals surface area contributed by atoms with Crippen molar-refractivity contribution >= 4 is 11.0 Å². The van der Waals surface area contributed by atoms with Gasteiger partial charge in [0.2, 0.25) is 0 Å². The van der Waals surface area contributed by atoms with Gasteiger partial charge in [-0.2, -0.15) is 0 Å². The summed E-state index contributed by atoms with van der Waals surface area (Å²) >= 11 is 0. The summed E-state index contributed by atoms with van der Waals surface area (Å²) in [6.07, 6.45) is 2.76. The summed E-state index contributed by atoms with van der Waals surface area (Å²) < 4.78 is 5.33. The van der Waals surface area contributed by atoms with E-state index in [2.05, 4.69) is 26.0 Å². The number of hydrogen-bond donors (Lipinski definition) is 1. The first kappa shape index (κ1) is 9.91. The minimum Gasteiger partial charge on any atom is -0.464 e. The van der Waals surface area contributed by atoms with Crippen molar-refractivity contribution in [3.63, 3.8) is 0 Å². The highest BCUT2D eigenvalue weighted by Gasteiger charge is 2.61. The highest BCUT2D eigenvalue weighted by atomic mass is 16.3. The summed E-state index contributed by atoms with van der Waals surface area (Å²) in [7, 11) is 0. The summed E-state index contributed by atoms with van der Waals surface area (Å²) in [4.78, 5) is 0. The van der Waals surface area contributed by atoms with Crippen molar-refractivity contribution in [3.05, 3.63) is 36.1 Å². The minimum atomic E-state index is -0.0432. The molecule has 3 rings (SSSR count). The monoisotopic (exact) mass is 216 g/mol. The number of fused-ring (bicyclic) bond motifs is 1. The second kappa shape index (κ2) is 2.89. The Morgan fingerprint density at radius 1 is 1.31 bits per heavy atom. The molecule has 0 bridgehead atoms. The van der Waals surface area contributed by atoms with Crippen molar-refractivity contribution < 1.29 is 9.52 Å². The molecule has 16 heavy (non-hydrogen) atoms. The molecule has 1 aromatic heterocycles. The van der Waals surface area contributed by atoms with E-state index in [0.717, 1.165) is 17.4 Å². The Balaban J connectivity index is 2.12. The van der Waals surface area contributed by atoms with Crippen LogP contribution in [0.1, 0.15) is 25.8 Å². The third-order valence-corrected chi connectivity index (χ3v) is 4.19. The van der Waals surface area contributed by atoms with Crippen LogP contribution in [0, 0.1) is 5.41 Å². The van der Waals surface area contributed by atoms with Gasteiger partial charge >= 0.3 is 0 Å². The zero-order valence-electron chi connectivity index (χ0n) is 9.66. The van der Waals surface area contributed by atoms with Crippen LogP contribution in [-0.4, -0.2) is 11.7 Å². The summed E-state index contributed by atoms with van der Waals surface area (Å²) in [5.74, 6) is 0. The predicted octanol–water partition coefficient (Wildman–Crippen LogP) is 3.09. The van der Waals surface area contributed by atoms with Gasteiger partial charge in [0, 0.05) is 10.8 Å². The van der Waals surface area contributed by atoms with Gasteiger partial charge in [-0.05, 0) is 35.6 Å². The Morgan fingerprint density at radius 3 is 2.69 bits per heavy atom. The second-order valence-electron chi connectivity index (χ2n) is 5.47. The zero-order chi connectivity index (χ0) is 11.4. The molecule has 0 saturated heterocycles. The maximum absolute atomic E-state index is 9.64. The van der Waals surface area contributed by atoms with Crippen LogP contribution in [0.4, 0.5) is 0 Å². The zero-order valence-corrected chi connectivity index (χ0v) is 9.66. The molecule has 84 valence electrons. The lowest BCUT2D eigenvalue weighted by atomic mass is 9.88. The number of hydrogen-bond acceptors (Lipinski definition) is 2. The first-order valence-corrected chi connectivity index (χ1v) is 5.68.